The number of nitrogens with two attached hydrogens (primary N) is 1. The number of rotatable bonds is 1. The maximum Gasteiger partial charge on any atom is 0.205 e. The van der Waals surface area contributed by atoms with Gasteiger partial charge in [-0.3, -0.25) is 4.57 Å². The normalized spacial score (nSPS) is 11.1. The number of aromatic nitrogens is 2. The lowest BCUT2D eigenvalue weighted by molar-refractivity contribution is 1.09. The van der Waals surface area contributed by atoms with Gasteiger partial charge in [0.15, 0.2) is 0 Å². The summed E-state index contributed by atoms with van der Waals surface area (Å²) in [5.41, 5.74) is 11.5. The highest BCUT2D eigenvalue weighted by atomic mass is 79.9. The number of benzene rings is 2. The number of imidazole rings is 1. The van der Waals surface area contributed by atoms with Crippen molar-refractivity contribution in [3.05, 3.63) is 52.0 Å². The van der Waals surface area contributed by atoms with Gasteiger partial charge in [-0.2, -0.15) is 0 Å². The van der Waals surface area contributed by atoms with E-state index in [0.717, 1.165) is 26.8 Å². The van der Waals surface area contributed by atoms with Crippen LogP contribution in [-0.4, -0.2) is 9.55 Å². The largest absolute Gasteiger partial charge is 0.369 e. The summed E-state index contributed by atoms with van der Waals surface area (Å²) < 4.78 is 3.01. The summed E-state index contributed by atoms with van der Waals surface area (Å²) in [5, 5.41) is 0. The van der Waals surface area contributed by atoms with Gasteiger partial charge in [-0.1, -0.05) is 18.2 Å². The highest BCUT2D eigenvalue weighted by molar-refractivity contribution is 9.10. The van der Waals surface area contributed by atoms with Crippen molar-refractivity contribution < 1.29 is 0 Å². The van der Waals surface area contributed by atoms with Gasteiger partial charge >= 0.3 is 0 Å². The lowest BCUT2D eigenvalue weighted by Gasteiger charge is -2.11. The van der Waals surface area contributed by atoms with Crippen LogP contribution in [0, 0.1) is 13.8 Å². The van der Waals surface area contributed by atoms with Gasteiger partial charge in [0.25, 0.3) is 0 Å². The van der Waals surface area contributed by atoms with E-state index in [-0.39, 0.29) is 0 Å². The van der Waals surface area contributed by atoms with Gasteiger partial charge in [0.05, 0.1) is 16.7 Å². The van der Waals surface area contributed by atoms with Crippen molar-refractivity contribution in [1.29, 1.82) is 0 Å². The van der Waals surface area contributed by atoms with Crippen LogP contribution in [0.25, 0.3) is 16.7 Å². The summed E-state index contributed by atoms with van der Waals surface area (Å²) in [6.45, 7) is 4.14. The van der Waals surface area contributed by atoms with E-state index < -0.39 is 0 Å². The molecule has 3 nitrogen and oxygen atoms in total. The number of fused-ring (bicyclic) bond motifs is 1. The molecule has 0 aliphatic carbocycles. The quantitative estimate of drug-likeness (QED) is 0.738. The lowest BCUT2D eigenvalue weighted by Crippen LogP contribution is -2.02. The molecular formula is C15H14BrN3. The molecule has 4 heteroatoms. The molecule has 0 atom stereocenters. The molecule has 0 spiro atoms. The minimum Gasteiger partial charge on any atom is -0.369 e. The van der Waals surface area contributed by atoms with Crippen LogP contribution in [0.2, 0.25) is 0 Å². The molecule has 19 heavy (non-hydrogen) atoms. The van der Waals surface area contributed by atoms with Crippen LogP contribution in [0.4, 0.5) is 5.95 Å². The first-order chi connectivity index (χ1) is 9.08. The molecule has 96 valence electrons. The van der Waals surface area contributed by atoms with Crippen molar-refractivity contribution in [1.82, 2.24) is 9.55 Å². The Morgan fingerprint density at radius 1 is 1.16 bits per heavy atom. The van der Waals surface area contributed by atoms with Crippen LogP contribution < -0.4 is 5.73 Å². The fourth-order valence-corrected chi connectivity index (χ4v) is 2.77. The Labute approximate surface area is 120 Å². The van der Waals surface area contributed by atoms with E-state index in [1.165, 1.54) is 5.56 Å². The van der Waals surface area contributed by atoms with E-state index in [1.54, 1.807) is 0 Å². The molecule has 0 radical (unpaired) electrons. The zero-order valence-electron chi connectivity index (χ0n) is 10.8. The van der Waals surface area contributed by atoms with E-state index in [9.17, 15) is 0 Å². The molecule has 0 unspecified atom stereocenters. The topological polar surface area (TPSA) is 43.8 Å². The molecule has 0 fully saturated rings. The van der Waals surface area contributed by atoms with Crippen LogP contribution in [0.5, 0.6) is 0 Å². The number of nitrogens with zero attached hydrogens (tertiary/aromatic N) is 2. The lowest BCUT2D eigenvalue weighted by atomic mass is 10.2. The van der Waals surface area contributed by atoms with Gasteiger partial charge in [-0.15, -0.1) is 0 Å². The molecule has 0 aliphatic heterocycles. The molecule has 0 amide bonds. The average Bonchev–Trinajstić information content (AvgIpc) is 2.70. The van der Waals surface area contributed by atoms with Gasteiger partial charge in [0, 0.05) is 4.47 Å². The van der Waals surface area contributed by atoms with Crippen LogP contribution in [0.1, 0.15) is 11.1 Å². The fourth-order valence-electron chi connectivity index (χ4n) is 2.35. The molecule has 0 saturated carbocycles. The van der Waals surface area contributed by atoms with Crippen molar-refractivity contribution >= 4 is 32.9 Å². The third-order valence-corrected chi connectivity index (χ3v) is 3.92. The third kappa shape index (κ3) is 1.92. The Kier molecular flexibility index (Phi) is 2.82. The van der Waals surface area contributed by atoms with Crippen molar-refractivity contribution in [2.24, 2.45) is 0 Å². The monoisotopic (exact) mass is 315 g/mol. The first-order valence-electron chi connectivity index (χ1n) is 6.08. The highest BCUT2D eigenvalue weighted by Crippen LogP contribution is 2.30. The fraction of sp³-hybridized carbons (Fsp3) is 0.133. The molecular weight excluding hydrogens is 302 g/mol. The second kappa shape index (κ2) is 4.38. The zero-order valence-corrected chi connectivity index (χ0v) is 12.4. The predicted octanol–water partition coefficient (Wildman–Crippen LogP) is 3.99. The van der Waals surface area contributed by atoms with E-state index >= 15 is 0 Å². The Bertz CT molecular complexity index is 774. The van der Waals surface area contributed by atoms with Crippen LogP contribution in [0.15, 0.2) is 40.9 Å². The van der Waals surface area contributed by atoms with Gasteiger partial charge in [0.1, 0.15) is 0 Å². The van der Waals surface area contributed by atoms with Crippen molar-refractivity contribution in [2.75, 3.05) is 5.73 Å². The van der Waals surface area contributed by atoms with E-state index in [1.807, 2.05) is 22.8 Å². The van der Waals surface area contributed by atoms with Crippen molar-refractivity contribution in [3.8, 4) is 5.69 Å². The smallest absolute Gasteiger partial charge is 0.205 e. The van der Waals surface area contributed by atoms with Crippen LogP contribution in [-0.2, 0) is 0 Å². The van der Waals surface area contributed by atoms with E-state index in [2.05, 4.69) is 53.0 Å². The maximum atomic E-state index is 6.10. The average molecular weight is 316 g/mol. The second-order valence-corrected chi connectivity index (χ2v) is 5.56. The number of halogens is 1. The summed E-state index contributed by atoms with van der Waals surface area (Å²) in [6.07, 6.45) is 0. The van der Waals surface area contributed by atoms with Crippen molar-refractivity contribution in [2.45, 2.75) is 13.8 Å². The highest BCUT2D eigenvalue weighted by Gasteiger charge is 2.14. The molecule has 2 N–H and O–H groups in total. The van der Waals surface area contributed by atoms with E-state index in [4.69, 9.17) is 5.73 Å². The molecule has 0 aliphatic rings. The van der Waals surface area contributed by atoms with Gasteiger partial charge in [0.2, 0.25) is 5.95 Å². The predicted molar refractivity (Wildman–Crippen MR) is 82.7 cm³/mol. The number of hydrogen-bond acceptors (Lipinski definition) is 2. The SMILES string of the molecule is Cc1ccc(Br)c(-n2c(N)nc3cccc(C)c32)c1. The maximum absolute atomic E-state index is 6.10. The second-order valence-electron chi connectivity index (χ2n) is 4.70. The molecule has 2 aromatic carbocycles. The third-order valence-electron chi connectivity index (χ3n) is 3.25. The molecule has 3 aromatic rings. The molecule has 3 rings (SSSR count). The number of para-hydroxylation sites is 1. The summed E-state index contributed by atoms with van der Waals surface area (Å²) in [7, 11) is 0. The minimum atomic E-state index is 0.510. The van der Waals surface area contributed by atoms with E-state index in [0.29, 0.717) is 5.95 Å². The number of hydrogen-bond donors (Lipinski definition) is 1. The summed E-state index contributed by atoms with van der Waals surface area (Å²) in [6, 6.07) is 12.3. The minimum absolute atomic E-state index is 0.510. The summed E-state index contributed by atoms with van der Waals surface area (Å²) >= 11 is 3.59. The van der Waals surface area contributed by atoms with Crippen LogP contribution >= 0.6 is 15.9 Å². The molecule has 0 saturated heterocycles. The van der Waals surface area contributed by atoms with Crippen molar-refractivity contribution in [3.63, 3.8) is 0 Å². The Morgan fingerprint density at radius 3 is 2.74 bits per heavy atom. The van der Waals surface area contributed by atoms with Gasteiger partial charge < -0.3 is 5.73 Å². The molecule has 1 aromatic heterocycles. The summed E-state index contributed by atoms with van der Waals surface area (Å²) in [5.74, 6) is 0.510. The van der Waals surface area contributed by atoms with Gasteiger partial charge in [-0.25, -0.2) is 4.98 Å². The first kappa shape index (κ1) is 12.2. The zero-order chi connectivity index (χ0) is 13.6. The van der Waals surface area contributed by atoms with Crippen LogP contribution in [0.3, 0.4) is 0 Å². The number of aryl methyl sites for hydroxylation is 2. The standard InChI is InChI=1S/C15H14BrN3/c1-9-6-7-11(16)13(8-9)19-14-10(2)4-3-5-12(14)18-15(19)17/h3-8H,1-2H3,(H2,17,18). The number of nitrogen functional groups attached to an aromatic ring is 1. The Hall–Kier alpha value is -1.81. The molecule has 0 bridgehead atoms. The van der Waals surface area contributed by atoms with Gasteiger partial charge in [-0.05, 0) is 59.1 Å². The Morgan fingerprint density at radius 2 is 1.95 bits per heavy atom. The summed E-state index contributed by atoms with van der Waals surface area (Å²) in [4.78, 5) is 4.44. The number of anilines is 1. The first-order valence-corrected chi connectivity index (χ1v) is 6.87. The molecule has 1 heterocycles. The Balaban J connectivity index is 2.42.